The van der Waals surface area contributed by atoms with Gasteiger partial charge in [-0.2, -0.15) is 23.2 Å². The van der Waals surface area contributed by atoms with Crippen molar-refractivity contribution < 1.29 is 0 Å². The molecule has 0 aromatic heterocycles. The maximum Gasteiger partial charge on any atom is 0.101 e. The Kier molecular flexibility index (Phi) is 3.04. The van der Waals surface area contributed by atoms with Crippen LogP contribution in [0, 0.1) is 22.7 Å². The first-order valence-corrected chi connectivity index (χ1v) is 5.73. The van der Waals surface area contributed by atoms with E-state index in [-0.39, 0.29) is 5.25 Å². The SMILES string of the molecule is CC(S)c1ccc2cc(C#N)c(C#N)cc2c1. The molecule has 1 atom stereocenters. The van der Waals surface area contributed by atoms with Crippen LogP contribution in [-0.4, -0.2) is 0 Å². The molecule has 82 valence electrons. The van der Waals surface area contributed by atoms with Gasteiger partial charge in [0.05, 0.1) is 11.1 Å². The molecule has 2 nitrogen and oxygen atoms in total. The Morgan fingerprint density at radius 2 is 1.59 bits per heavy atom. The normalized spacial score (nSPS) is 11.8. The number of fused-ring (bicyclic) bond motifs is 1. The van der Waals surface area contributed by atoms with Crippen molar-refractivity contribution in [2.45, 2.75) is 12.2 Å². The molecule has 0 saturated heterocycles. The fraction of sp³-hybridized carbons (Fsp3) is 0.143. The number of rotatable bonds is 1. The van der Waals surface area contributed by atoms with Crippen molar-refractivity contribution in [2.75, 3.05) is 0 Å². The third kappa shape index (κ3) is 2.11. The van der Waals surface area contributed by atoms with Crippen LogP contribution in [0.1, 0.15) is 28.9 Å². The van der Waals surface area contributed by atoms with Crippen LogP contribution in [0.4, 0.5) is 0 Å². The van der Waals surface area contributed by atoms with Crippen molar-refractivity contribution in [1.82, 2.24) is 0 Å². The summed E-state index contributed by atoms with van der Waals surface area (Å²) in [4.78, 5) is 0. The summed E-state index contributed by atoms with van der Waals surface area (Å²) in [5.74, 6) is 0. The standard InChI is InChI=1S/C14H10N2S/c1-9(17)10-2-3-11-5-13(7-15)14(8-16)6-12(11)4-10/h2-6,9,17H,1H3. The predicted octanol–water partition coefficient (Wildman–Crippen LogP) is 3.57. The van der Waals surface area contributed by atoms with Crippen molar-refractivity contribution in [2.24, 2.45) is 0 Å². The zero-order valence-electron chi connectivity index (χ0n) is 9.31. The quantitative estimate of drug-likeness (QED) is 0.772. The van der Waals surface area contributed by atoms with Crippen LogP contribution in [-0.2, 0) is 0 Å². The van der Waals surface area contributed by atoms with Gasteiger partial charge in [0.2, 0.25) is 0 Å². The summed E-state index contributed by atoms with van der Waals surface area (Å²) in [6.45, 7) is 2.00. The van der Waals surface area contributed by atoms with Crippen molar-refractivity contribution in [3.05, 3.63) is 47.0 Å². The van der Waals surface area contributed by atoms with Gasteiger partial charge in [0.15, 0.2) is 0 Å². The van der Waals surface area contributed by atoms with Gasteiger partial charge in [0.25, 0.3) is 0 Å². The molecule has 1 unspecified atom stereocenters. The maximum atomic E-state index is 8.97. The van der Waals surface area contributed by atoms with E-state index in [4.69, 9.17) is 10.5 Å². The van der Waals surface area contributed by atoms with Crippen LogP contribution in [0.2, 0.25) is 0 Å². The minimum Gasteiger partial charge on any atom is -0.192 e. The van der Waals surface area contributed by atoms with E-state index in [9.17, 15) is 0 Å². The van der Waals surface area contributed by atoms with E-state index in [1.165, 1.54) is 0 Å². The molecule has 0 N–H and O–H groups in total. The molecule has 0 fully saturated rings. The summed E-state index contributed by atoms with van der Waals surface area (Å²) >= 11 is 4.38. The van der Waals surface area contributed by atoms with Crippen LogP contribution in [0.15, 0.2) is 30.3 Å². The Morgan fingerprint density at radius 3 is 2.12 bits per heavy atom. The van der Waals surface area contributed by atoms with Crippen LogP contribution < -0.4 is 0 Å². The molecule has 0 spiro atoms. The lowest BCUT2D eigenvalue weighted by Gasteiger charge is -2.07. The molecule has 0 aliphatic carbocycles. The third-order valence-electron chi connectivity index (χ3n) is 2.72. The van der Waals surface area contributed by atoms with Crippen LogP contribution in [0.25, 0.3) is 10.8 Å². The Morgan fingerprint density at radius 1 is 1.00 bits per heavy atom. The van der Waals surface area contributed by atoms with E-state index in [0.717, 1.165) is 16.3 Å². The molecule has 0 aliphatic heterocycles. The number of nitrogens with zero attached hydrogens (tertiary/aromatic N) is 2. The molecule has 2 aromatic rings. The Bertz CT molecular complexity index is 660. The molecule has 0 radical (unpaired) electrons. The lowest BCUT2D eigenvalue weighted by molar-refractivity contribution is 1.12. The van der Waals surface area contributed by atoms with Gasteiger partial charge < -0.3 is 0 Å². The molecule has 0 aliphatic rings. The van der Waals surface area contributed by atoms with Crippen molar-refractivity contribution in [1.29, 1.82) is 10.5 Å². The van der Waals surface area contributed by atoms with E-state index in [0.29, 0.717) is 11.1 Å². The van der Waals surface area contributed by atoms with Gasteiger partial charge in [-0.1, -0.05) is 18.2 Å². The average Bonchev–Trinajstić information content (AvgIpc) is 2.36. The Hall–Kier alpha value is -1.97. The highest BCUT2D eigenvalue weighted by atomic mass is 32.1. The van der Waals surface area contributed by atoms with E-state index in [2.05, 4.69) is 12.6 Å². The number of hydrogen-bond donors (Lipinski definition) is 1. The minimum atomic E-state index is 0.153. The molecule has 0 bridgehead atoms. The van der Waals surface area contributed by atoms with Gasteiger partial charge in [0.1, 0.15) is 12.1 Å². The lowest BCUT2D eigenvalue weighted by atomic mass is 10.00. The molecule has 0 saturated carbocycles. The average molecular weight is 238 g/mol. The third-order valence-corrected chi connectivity index (χ3v) is 3.02. The minimum absolute atomic E-state index is 0.153. The summed E-state index contributed by atoms with van der Waals surface area (Å²) in [5, 5.41) is 20.0. The first kappa shape index (κ1) is 11.5. The predicted molar refractivity (Wildman–Crippen MR) is 70.8 cm³/mol. The second-order valence-corrected chi connectivity index (χ2v) is 4.68. The summed E-state index contributed by atoms with van der Waals surface area (Å²) in [6.07, 6.45) is 0. The molecular formula is C14H10N2S. The van der Waals surface area contributed by atoms with Gasteiger partial charge in [-0.25, -0.2) is 0 Å². The van der Waals surface area contributed by atoms with Gasteiger partial charge in [0, 0.05) is 5.25 Å². The molecule has 2 aromatic carbocycles. The lowest BCUT2D eigenvalue weighted by Crippen LogP contribution is -1.88. The Labute approximate surface area is 106 Å². The first-order chi connectivity index (χ1) is 8.15. The van der Waals surface area contributed by atoms with Crippen molar-refractivity contribution >= 4 is 23.4 Å². The zero-order chi connectivity index (χ0) is 12.4. The van der Waals surface area contributed by atoms with E-state index < -0.39 is 0 Å². The topological polar surface area (TPSA) is 47.6 Å². The van der Waals surface area contributed by atoms with E-state index >= 15 is 0 Å². The Balaban J connectivity index is 2.73. The molecular weight excluding hydrogens is 228 g/mol. The summed E-state index contributed by atoms with van der Waals surface area (Å²) in [6, 6.07) is 13.6. The highest BCUT2D eigenvalue weighted by Crippen LogP contribution is 2.25. The first-order valence-electron chi connectivity index (χ1n) is 5.21. The fourth-order valence-corrected chi connectivity index (χ4v) is 1.92. The summed E-state index contributed by atoms with van der Waals surface area (Å²) in [7, 11) is 0. The number of benzene rings is 2. The van der Waals surface area contributed by atoms with E-state index in [1.807, 2.05) is 37.3 Å². The van der Waals surface area contributed by atoms with Crippen molar-refractivity contribution in [3.8, 4) is 12.1 Å². The monoisotopic (exact) mass is 238 g/mol. The molecule has 0 amide bonds. The number of hydrogen-bond acceptors (Lipinski definition) is 3. The maximum absolute atomic E-state index is 8.97. The highest BCUT2D eigenvalue weighted by molar-refractivity contribution is 7.80. The van der Waals surface area contributed by atoms with Gasteiger partial charge in [-0.15, -0.1) is 0 Å². The smallest absolute Gasteiger partial charge is 0.101 e. The summed E-state index contributed by atoms with van der Waals surface area (Å²) in [5.41, 5.74) is 1.95. The second kappa shape index (κ2) is 4.49. The van der Waals surface area contributed by atoms with Gasteiger partial charge >= 0.3 is 0 Å². The largest absolute Gasteiger partial charge is 0.192 e. The molecule has 0 heterocycles. The number of thiol groups is 1. The fourth-order valence-electron chi connectivity index (χ4n) is 1.76. The molecule has 17 heavy (non-hydrogen) atoms. The molecule has 3 heteroatoms. The van der Waals surface area contributed by atoms with Crippen LogP contribution in [0.5, 0.6) is 0 Å². The van der Waals surface area contributed by atoms with Crippen molar-refractivity contribution in [3.63, 3.8) is 0 Å². The van der Waals surface area contributed by atoms with E-state index in [1.54, 1.807) is 12.1 Å². The van der Waals surface area contributed by atoms with Gasteiger partial charge in [-0.05, 0) is 35.4 Å². The number of nitriles is 2. The molecule has 2 rings (SSSR count). The zero-order valence-corrected chi connectivity index (χ0v) is 10.2. The van der Waals surface area contributed by atoms with Crippen LogP contribution >= 0.6 is 12.6 Å². The highest BCUT2D eigenvalue weighted by Gasteiger charge is 2.06. The van der Waals surface area contributed by atoms with Crippen LogP contribution in [0.3, 0.4) is 0 Å². The second-order valence-electron chi connectivity index (χ2n) is 3.90. The summed E-state index contributed by atoms with van der Waals surface area (Å²) < 4.78 is 0. The van der Waals surface area contributed by atoms with Gasteiger partial charge in [-0.3, -0.25) is 0 Å².